The van der Waals surface area contributed by atoms with Crippen molar-refractivity contribution in [1.82, 2.24) is 4.98 Å². The molecule has 0 saturated carbocycles. The monoisotopic (exact) mass is 419 g/mol. The lowest BCUT2D eigenvalue weighted by Gasteiger charge is -2.13. The van der Waals surface area contributed by atoms with E-state index in [1.54, 1.807) is 0 Å². The zero-order chi connectivity index (χ0) is 21.7. The molecule has 1 rings (SSSR count). The fraction of sp³-hybridized carbons (Fsp3) is 0.893. The quantitative estimate of drug-likeness (QED) is 0.143. The summed E-state index contributed by atoms with van der Waals surface area (Å²) in [6, 6.07) is 0. The van der Waals surface area contributed by atoms with Crippen molar-refractivity contribution in [2.45, 2.75) is 162 Å². The Kier molecular flexibility index (Phi) is 18.3. The standard InChI is InChI=1S/C28H54N2/c1-4-7-9-10-11-12-13-14-15-16-17-18-19-20-21-22-24-27(23-8-5-2)28-29-25-26-30(28)6-3/h25-27H,4-24H2,1-3H3/p+1/t27-/m0/s1. The van der Waals surface area contributed by atoms with Gasteiger partial charge in [-0.05, 0) is 19.8 Å². The fourth-order valence-electron chi connectivity index (χ4n) is 4.81. The third kappa shape index (κ3) is 13.5. The van der Waals surface area contributed by atoms with Gasteiger partial charge in [0.2, 0.25) is 0 Å². The van der Waals surface area contributed by atoms with Gasteiger partial charge in [0.25, 0.3) is 5.82 Å². The van der Waals surface area contributed by atoms with Crippen LogP contribution in [0.25, 0.3) is 0 Å². The number of imidazole rings is 1. The number of nitrogens with one attached hydrogen (secondary N) is 1. The van der Waals surface area contributed by atoms with Crippen LogP contribution in [0.2, 0.25) is 0 Å². The minimum Gasteiger partial charge on any atom is -0.247 e. The highest BCUT2D eigenvalue weighted by Gasteiger charge is 2.21. The second-order valence-electron chi connectivity index (χ2n) is 9.56. The van der Waals surface area contributed by atoms with E-state index in [0.29, 0.717) is 0 Å². The van der Waals surface area contributed by atoms with E-state index in [-0.39, 0.29) is 0 Å². The highest BCUT2D eigenvalue weighted by atomic mass is 15.1. The number of rotatable bonds is 22. The summed E-state index contributed by atoms with van der Waals surface area (Å²) in [5.41, 5.74) is 0. The van der Waals surface area contributed by atoms with Crippen LogP contribution < -0.4 is 4.57 Å². The van der Waals surface area contributed by atoms with Gasteiger partial charge in [0, 0.05) is 0 Å². The van der Waals surface area contributed by atoms with Crippen molar-refractivity contribution in [1.29, 1.82) is 0 Å². The maximum Gasteiger partial charge on any atom is 0.257 e. The molecule has 1 aromatic rings. The average molecular weight is 420 g/mol. The Morgan fingerprint density at radius 3 is 1.50 bits per heavy atom. The van der Waals surface area contributed by atoms with Crippen molar-refractivity contribution in [3.05, 3.63) is 18.2 Å². The molecular formula is C28H55N2+. The van der Waals surface area contributed by atoms with Crippen molar-refractivity contribution in [2.24, 2.45) is 0 Å². The van der Waals surface area contributed by atoms with Crippen molar-refractivity contribution in [3.63, 3.8) is 0 Å². The van der Waals surface area contributed by atoms with Crippen LogP contribution in [0.3, 0.4) is 0 Å². The third-order valence-electron chi connectivity index (χ3n) is 6.83. The molecule has 0 spiro atoms. The molecule has 176 valence electrons. The zero-order valence-corrected chi connectivity index (χ0v) is 21.0. The summed E-state index contributed by atoms with van der Waals surface area (Å²) in [5.74, 6) is 2.19. The van der Waals surface area contributed by atoms with Gasteiger partial charge in [0.1, 0.15) is 12.4 Å². The van der Waals surface area contributed by atoms with Crippen LogP contribution in [0.5, 0.6) is 0 Å². The summed E-state index contributed by atoms with van der Waals surface area (Å²) in [6.07, 6.45) is 32.9. The minimum atomic E-state index is 0.728. The van der Waals surface area contributed by atoms with Gasteiger partial charge in [-0.1, -0.05) is 129 Å². The van der Waals surface area contributed by atoms with Gasteiger partial charge < -0.3 is 0 Å². The highest BCUT2D eigenvalue weighted by molar-refractivity contribution is 4.89. The van der Waals surface area contributed by atoms with Crippen LogP contribution in [0, 0.1) is 0 Å². The Balaban J connectivity index is 1.95. The molecule has 0 bridgehead atoms. The Labute approximate surface area is 189 Å². The lowest BCUT2D eigenvalue weighted by molar-refractivity contribution is -0.701. The van der Waals surface area contributed by atoms with E-state index in [1.165, 1.54) is 134 Å². The largest absolute Gasteiger partial charge is 0.257 e. The van der Waals surface area contributed by atoms with E-state index in [4.69, 9.17) is 0 Å². The number of aromatic amines is 1. The van der Waals surface area contributed by atoms with Crippen LogP contribution in [0.4, 0.5) is 0 Å². The number of unbranched alkanes of at least 4 members (excludes halogenated alkanes) is 16. The molecule has 1 atom stereocenters. The number of nitrogens with zero attached hydrogens (tertiary/aromatic N) is 1. The molecule has 0 aliphatic rings. The molecule has 1 N–H and O–H groups in total. The molecule has 2 nitrogen and oxygen atoms in total. The predicted molar refractivity (Wildman–Crippen MR) is 133 cm³/mol. The molecule has 0 aliphatic heterocycles. The third-order valence-corrected chi connectivity index (χ3v) is 6.83. The second-order valence-corrected chi connectivity index (χ2v) is 9.56. The van der Waals surface area contributed by atoms with E-state index in [1.807, 2.05) is 0 Å². The summed E-state index contributed by atoms with van der Waals surface area (Å²) in [7, 11) is 0. The maximum absolute atomic E-state index is 3.53. The van der Waals surface area contributed by atoms with E-state index in [9.17, 15) is 0 Å². The molecule has 0 fully saturated rings. The average Bonchev–Trinajstić information content (AvgIpc) is 3.24. The van der Waals surface area contributed by atoms with Crippen molar-refractivity contribution >= 4 is 0 Å². The molecule has 2 heteroatoms. The fourth-order valence-corrected chi connectivity index (χ4v) is 4.81. The van der Waals surface area contributed by atoms with Crippen LogP contribution in [-0.4, -0.2) is 4.98 Å². The first-order valence-corrected chi connectivity index (χ1v) is 13.9. The first-order chi connectivity index (χ1) is 14.8. The predicted octanol–water partition coefficient (Wildman–Crippen LogP) is 9.25. The normalized spacial score (nSPS) is 12.5. The molecule has 0 amide bonds. The van der Waals surface area contributed by atoms with Crippen LogP contribution in [0.1, 0.15) is 161 Å². The molecule has 0 radical (unpaired) electrons. The molecule has 0 aliphatic carbocycles. The maximum atomic E-state index is 3.53. The summed E-state index contributed by atoms with van der Waals surface area (Å²) >= 11 is 0. The van der Waals surface area contributed by atoms with Crippen LogP contribution in [0.15, 0.2) is 12.4 Å². The Morgan fingerprint density at radius 2 is 1.03 bits per heavy atom. The Morgan fingerprint density at radius 1 is 0.600 bits per heavy atom. The SMILES string of the molecule is CCCCCCCCCCCCCCCCCC[C@H](CCCC)c1[nH]cc[n+]1CC. The molecule has 0 saturated heterocycles. The van der Waals surface area contributed by atoms with E-state index in [0.717, 1.165) is 12.5 Å². The van der Waals surface area contributed by atoms with Gasteiger partial charge in [-0.3, -0.25) is 0 Å². The van der Waals surface area contributed by atoms with Gasteiger partial charge in [0.05, 0.1) is 12.5 Å². The summed E-state index contributed by atoms with van der Waals surface area (Å²) in [4.78, 5) is 3.53. The smallest absolute Gasteiger partial charge is 0.247 e. The number of H-pyrrole nitrogens is 1. The lowest BCUT2D eigenvalue weighted by atomic mass is 9.94. The number of hydrogen-bond acceptors (Lipinski definition) is 0. The van der Waals surface area contributed by atoms with Gasteiger partial charge in [0.15, 0.2) is 0 Å². The van der Waals surface area contributed by atoms with Crippen molar-refractivity contribution < 1.29 is 4.57 Å². The minimum absolute atomic E-state index is 0.728. The van der Waals surface area contributed by atoms with Gasteiger partial charge >= 0.3 is 0 Å². The number of hydrogen-bond donors (Lipinski definition) is 1. The first kappa shape index (κ1) is 27.2. The molecule has 1 aromatic heterocycles. The summed E-state index contributed by atoms with van der Waals surface area (Å²) in [5, 5.41) is 0. The van der Waals surface area contributed by atoms with Crippen LogP contribution >= 0.6 is 0 Å². The van der Waals surface area contributed by atoms with E-state index >= 15 is 0 Å². The Bertz CT molecular complexity index is 465. The van der Waals surface area contributed by atoms with Crippen LogP contribution in [-0.2, 0) is 6.54 Å². The van der Waals surface area contributed by atoms with Crippen molar-refractivity contribution in [3.8, 4) is 0 Å². The zero-order valence-electron chi connectivity index (χ0n) is 21.0. The van der Waals surface area contributed by atoms with E-state index in [2.05, 4.69) is 42.7 Å². The topological polar surface area (TPSA) is 19.7 Å². The second kappa shape index (κ2) is 20.1. The molecular weight excluding hydrogens is 364 g/mol. The summed E-state index contributed by atoms with van der Waals surface area (Å²) < 4.78 is 2.41. The first-order valence-electron chi connectivity index (χ1n) is 13.9. The number of aromatic nitrogens is 2. The van der Waals surface area contributed by atoms with E-state index < -0.39 is 0 Å². The number of aryl methyl sites for hydroxylation is 1. The summed E-state index contributed by atoms with van der Waals surface area (Å²) in [6.45, 7) is 7.95. The van der Waals surface area contributed by atoms with Gasteiger partial charge in [-0.2, -0.15) is 0 Å². The van der Waals surface area contributed by atoms with Gasteiger partial charge in [-0.15, -0.1) is 0 Å². The molecule has 0 aromatic carbocycles. The lowest BCUT2D eigenvalue weighted by Crippen LogP contribution is -2.36. The molecule has 1 heterocycles. The Hall–Kier alpha value is -0.790. The molecule has 30 heavy (non-hydrogen) atoms. The van der Waals surface area contributed by atoms with Crippen molar-refractivity contribution in [2.75, 3.05) is 0 Å². The highest BCUT2D eigenvalue weighted by Crippen LogP contribution is 2.25. The molecule has 0 unspecified atom stereocenters. The van der Waals surface area contributed by atoms with Gasteiger partial charge in [-0.25, -0.2) is 9.55 Å².